The molecule has 0 amide bonds. The molecule has 0 atom stereocenters. The van der Waals surface area contributed by atoms with Crippen LogP contribution in [0.2, 0.25) is 0 Å². The van der Waals surface area contributed by atoms with Gasteiger partial charge in [-0.3, -0.25) is 0 Å². The van der Waals surface area contributed by atoms with Crippen LogP contribution < -0.4 is 5.32 Å². The molecule has 21 heavy (non-hydrogen) atoms. The molecule has 2 aromatic rings. The fourth-order valence-electron chi connectivity index (χ4n) is 3.13. The number of rotatable bonds is 5. The Bertz CT molecular complexity index is 539. The molecule has 0 bridgehead atoms. The number of aromatic nitrogens is 2. The summed E-state index contributed by atoms with van der Waals surface area (Å²) in [6.07, 6.45) is 9.65. The van der Waals surface area contributed by atoms with Crippen molar-refractivity contribution < 1.29 is 0 Å². The molecule has 1 aromatic carbocycles. The lowest BCUT2D eigenvalue weighted by Gasteiger charge is -2.26. The summed E-state index contributed by atoms with van der Waals surface area (Å²) in [4.78, 5) is 0. The molecule has 3 rings (SSSR count). The molecule has 1 aliphatic carbocycles. The number of benzene rings is 1. The summed E-state index contributed by atoms with van der Waals surface area (Å²) >= 11 is 0. The van der Waals surface area contributed by atoms with E-state index in [0.29, 0.717) is 0 Å². The summed E-state index contributed by atoms with van der Waals surface area (Å²) in [5.41, 5.74) is 2.37. The van der Waals surface area contributed by atoms with E-state index in [-0.39, 0.29) is 0 Å². The van der Waals surface area contributed by atoms with Gasteiger partial charge in [-0.15, -0.1) is 0 Å². The van der Waals surface area contributed by atoms with Gasteiger partial charge in [-0.2, -0.15) is 5.10 Å². The molecule has 0 unspecified atom stereocenters. The van der Waals surface area contributed by atoms with Crippen LogP contribution in [0.15, 0.2) is 42.7 Å². The number of hydrogen-bond donors (Lipinski definition) is 1. The lowest BCUT2D eigenvalue weighted by molar-refractivity contribution is 0.281. The van der Waals surface area contributed by atoms with Crippen molar-refractivity contribution in [3.8, 4) is 5.69 Å². The largest absolute Gasteiger partial charge is 0.312 e. The van der Waals surface area contributed by atoms with Gasteiger partial charge in [0.2, 0.25) is 0 Å². The number of para-hydroxylation sites is 1. The molecule has 1 N–H and O–H groups in total. The van der Waals surface area contributed by atoms with Gasteiger partial charge in [0.25, 0.3) is 0 Å². The lowest BCUT2D eigenvalue weighted by Crippen LogP contribution is -2.25. The Morgan fingerprint density at radius 3 is 2.67 bits per heavy atom. The van der Waals surface area contributed by atoms with Crippen LogP contribution in [0, 0.1) is 11.8 Å². The highest BCUT2D eigenvalue weighted by Gasteiger charge is 2.17. The van der Waals surface area contributed by atoms with Crippen LogP contribution in [0.25, 0.3) is 5.69 Å². The Balaban J connectivity index is 1.47. The van der Waals surface area contributed by atoms with Crippen LogP contribution in [0.1, 0.15) is 38.2 Å². The van der Waals surface area contributed by atoms with E-state index in [0.717, 1.165) is 30.6 Å². The molecule has 1 aliphatic rings. The third-order valence-electron chi connectivity index (χ3n) is 4.55. The van der Waals surface area contributed by atoms with E-state index in [9.17, 15) is 0 Å². The van der Waals surface area contributed by atoms with Crippen molar-refractivity contribution in [3.05, 3.63) is 48.3 Å². The Morgan fingerprint density at radius 1 is 1.14 bits per heavy atom. The molecule has 3 heteroatoms. The van der Waals surface area contributed by atoms with Crippen LogP contribution in [0.3, 0.4) is 0 Å². The predicted octanol–water partition coefficient (Wildman–Crippen LogP) is 3.79. The van der Waals surface area contributed by atoms with Crippen LogP contribution >= 0.6 is 0 Å². The van der Waals surface area contributed by atoms with E-state index >= 15 is 0 Å². The average Bonchev–Trinajstić information content (AvgIpc) is 2.99. The predicted molar refractivity (Wildman–Crippen MR) is 86.4 cm³/mol. The van der Waals surface area contributed by atoms with Crippen LogP contribution in [-0.4, -0.2) is 16.3 Å². The first-order chi connectivity index (χ1) is 10.3. The summed E-state index contributed by atoms with van der Waals surface area (Å²) in [5.74, 6) is 1.80. The zero-order valence-corrected chi connectivity index (χ0v) is 12.8. The second-order valence-electron chi connectivity index (χ2n) is 6.39. The third kappa shape index (κ3) is 3.94. The van der Waals surface area contributed by atoms with Gasteiger partial charge in [0.05, 0.1) is 11.9 Å². The molecule has 0 radical (unpaired) electrons. The van der Waals surface area contributed by atoms with E-state index in [1.165, 1.54) is 31.2 Å². The fourth-order valence-corrected chi connectivity index (χ4v) is 3.13. The molecular formula is C18H25N3. The highest BCUT2D eigenvalue weighted by Crippen LogP contribution is 2.27. The normalized spacial score (nSPS) is 22.3. The standard InChI is InChI=1S/C18H25N3/c1-15-7-9-16(10-8-15)11-19-12-17-13-20-21(14-17)18-5-3-2-4-6-18/h2-6,13-16,19H,7-12H2,1H3. The molecule has 1 saturated carbocycles. The molecule has 1 aromatic heterocycles. The number of nitrogens with one attached hydrogen (secondary N) is 1. The van der Waals surface area contributed by atoms with E-state index in [1.807, 2.05) is 29.1 Å². The molecule has 1 heterocycles. The van der Waals surface area contributed by atoms with Crippen molar-refractivity contribution in [2.45, 2.75) is 39.2 Å². The van der Waals surface area contributed by atoms with Gasteiger partial charge < -0.3 is 5.32 Å². The summed E-state index contributed by atoms with van der Waals surface area (Å²) in [6.45, 7) is 4.43. The Kier molecular flexibility index (Phi) is 4.71. The van der Waals surface area contributed by atoms with Crippen molar-refractivity contribution in [2.24, 2.45) is 11.8 Å². The molecular weight excluding hydrogens is 258 g/mol. The Hall–Kier alpha value is -1.61. The summed E-state index contributed by atoms with van der Waals surface area (Å²) in [7, 11) is 0. The Morgan fingerprint density at radius 2 is 1.90 bits per heavy atom. The lowest BCUT2D eigenvalue weighted by atomic mass is 9.83. The van der Waals surface area contributed by atoms with Crippen LogP contribution in [0.4, 0.5) is 0 Å². The van der Waals surface area contributed by atoms with Crippen LogP contribution in [0.5, 0.6) is 0 Å². The second-order valence-corrected chi connectivity index (χ2v) is 6.39. The van der Waals surface area contributed by atoms with Crippen molar-refractivity contribution in [1.82, 2.24) is 15.1 Å². The van der Waals surface area contributed by atoms with Gasteiger partial charge in [0.15, 0.2) is 0 Å². The molecule has 3 nitrogen and oxygen atoms in total. The summed E-state index contributed by atoms with van der Waals surface area (Å²) in [5, 5.41) is 8.04. The summed E-state index contributed by atoms with van der Waals surface area (Å²) in [6, 6.07) is 10.3. The maximum atomic E-state index is 4.44. The van der Waals surface area contributed by atoms with Gasteiger partial charge in [-0.1, -0.05) is 38.0 Å². The first-order valence-electron chi connectivity index (χ1n) is 8.11. The van der Waals surface area contributed by atoms with Gasteiger partial charge in [0.1, 0.15) is 0 Å². The molecule has 0 saturated heterocycles. The minimum absolute atomic E-state index is 0.866. The minimum atomic E-state index is 0.866. The van der Waals surface area contributed by atoms with Crippen molar-refractivity contribution in [2.75, 3.05) is 6.54 Å². The van der Waals surface area contributed by atoms with Gasteiger partial charge in [-0.25, -0.2) is 4.68 Å². The first kappa shape index (κ1) is 14.3. The molecule has 112 valence electrons. The molecule has 0 aliphatic heterocycles. The van der Waals surface area contributed by atoms with Crippen molar-refractivity contribution in [1.29, 1.82) is 0 Å². The number of nitrogens with zero attached hydrogens (tertiary/aromatic N) is 2. The SMILES string of the molecule is CC1CCC(CNCc2cnn(-c3ccccc3)c2)CC1. The maximum Gasteiger partial charge on any atom is 0.0645 e. The zero-order valence-electron chi connectivity index (χ0n) is 12.8. The zero-order chi connectivity index (χ0) is 14.5. The molecule has 0 spiro atoms. The fraction of sp³-hybridized carbons (Fsp3) is 0.500. The van der Waals surface area contributed by atoms with E-state index in [2.05, 4.69) is 35.7 Å². The summed E-state index contributed by atoms with van der Waals surface area (Å²) < 4.78 is 1.94. The van der Waals surface area contributed by atoms with E-state index in [1.54, 1.807) is 0 Å². The highest BCUT2D eigenvalue weighted by molar-refractivity contribution is 5.30. The molecule has 1 fully saturated rings. The smallest absolute Gasteiger partial charge is 0.0645 e. The monoisotopic (exact) mass is 283 g/mol. The first-order valence-corrected chi connectivity index (χ1v) is 8.11. The van der Waals surface area contributed by atoms with E-state index in [4.69, 9.17) is 0 Å². The minimum Gasteiger partial charge on any atom is -0.312 e. The van der Waals surface area contributed by atoms with Crippen LogP contribution in [-0.2, 0) is 6.54 Å². The highest BCUT2D eigenvalue weighted by atomic mass is 15.3. The quantitative estimate of drug-likeness (QED) is 0.905. The second kappa shape index (κ2) is 6.90. The van der Waals surface area contributed by atoms with Gasteiger partial charge in [0, 0.05) is 18.3 Å². The number of hydrogen-bond acceptors (Lipinski definition) is 2. The van der Waals surface area contributed by atoms with Crippen molar-refractivity contribution in [3.63, 3.8) is 0 Å². The van der Waals surface area contributed by atoms with Gasteiger partial charge in [-0.05, 0) is 43.4 Å². The average molecular weight is 283 g/mol. The van der Waals surface area contributed by atoms with Crippen molar-refractivity contribution >= 4 is 0 Å². The third-order valence-corrected chi connectivity index (χ3v) is 4.55. The van der Waals surface area contributed by atoms with E-state index < -0.39 is 0 Å². The maximum absolute atomic E-state index is 4.44. The topological polar surface area (TPSA) is 29.9 Å². The van der Waals surface area contributed by atoms with Gasteiger partial charge >= 0.3 is 0 Å². The Labute approximate surface area is 127 Å².